The molecule has 1 aromatic rings. The summed E-state index contributed by atoms with van der Waals surface area (Å²) in [6.45, 7) is 3.22. The first-order valence-electron chi connectivity index (χ1n) is 4.62. The van der Waals surface area contributed by atoms with E-state index in [9.17, 15) is 4.79 Å². The van der Waals surface area contributed by atoms with Gasteiger partial charge in [-0.2, -0.15) is 5.10 Å². The van der Waals surface area contributed by atoms with Crippen molar-refractivity contribution < 1.29 is 9.53 Å². The Labute approximate surface area is 89.2 Å². The number of ether oxygens (including phenoxy) is 1. The van der Waals surface area contributed by atoms with E-state index in [2.05, 4.69) is 5.10 Å². The second-order valence-corrected chi connectivity index (χ2v) is 2.91. The third-order valence-corrected chi connectivity index (χ3v) is 1.83. The highest BCUT2D eigenvalue weighted by atomic mass is 16.5. The van der Waals surface area contributed by atoms with Gasteiger partial charge in [-0.1, -0.05) is 6.07 Å². The Bertz CT molecular complexity index is 375. The Hall–Kier alpha value is -1.84. The Kier molecular flexibility index (Phi) is 3.85. The fourth-order valence-electron chi connectivity index (χ4n) is 1.19. The van der Waals surface area contributed by atoms with E-state index in [-0.39, 0.29) is 5.91 Å². The Morgan fingerprint density at radius 2 is 2.27 bits per heavy atom. The summed E-state index contributed by atoms with van der Waals surface area (Å²) >= 11 is 0. The number of hydrogen-bond donors (Lipinski definition) is 0. The lowest BCUT2D eigenvalue weighted by Crippen LogP contribution is -2.21. The van der Waals surface area contributed by atoms with Crippen molar-refractivity contribution in [2.24, 2.45) is 5.10 Å². The summed E-state index contributed by atoms with van der Waals surface area (Å²) in [7, 11) is 1.58. The highest BCUT2D eigenvalue weighted by Gasteiger charge is 2.09. The summed E-state index contributed by atoms with van der Waals surface area (Å²) in [5, 5.41) is 5.29. The first kappa shape index (κ1) is 11.2. The SMILES string of the molecule is C/C=N\N(C(C)=O)c1cccc(OC)c1. The molecule has 4 heteroatoms. The second kappa shape index (κ2) is 5.14. The van der Waals surface area contributed by atoms with Gasteiger partial charge in [-0.25, -0.2) is 5.01 Å². The lowest BCUT2D eigenvalue weighted by atomic mass is 10.3. The van der Waals surface area contributed by atoms with Gasteiger partial charge in [-0.3, -0.25) is 4.79 Å². The highest BCUT2D eigenvalue weighted by molar-refractivity contribution is 5.92. The number of anilines is 1. The van der Waals surface area contributed by atoms with Crippen molar-refractivity contribution in [1.29, 1.82) is 0 Å². The molecule has 0 fully saturated rings. The van der Waals surface area contributed by atoms with Gasteiger partial charge in [0.15, 0.2) is 0 Å². The Morgan fingerprint density at radius 1 is 1.53 bits per heavy atom. The van der Waals surface area contributed by atoms with E-state index in [1.807, 2.05) is 12.1 Å². The maximum absolute atomic E-state index is 11.3. The average Bonchev–Trinajstić information content (AvgIpc) is 2.25. The third kappa shape index (κ3) is 2.80. The minimum atomic E-state index is -0.138. The minimum Gasteiger partial charge on any atom is -0.497 e. The molecular formula is C11H14N2O2. The van der Waals surface area contributed by atoms with E-state index in [4.69, 9.17) is 4.74 Å². The first-order valence-corrected chi connectivity index (χ1v) is 4.62. The molecule has 0 aromatic heterocycles. The minimum absolute atomic E-state index is 0.138. The number of rotatable bonds is 3. The van der Waals surface area contributed by atoms with Gasteiger partial charge >= 0.3 is 0 Å². The molecule has 80 valence electrons. The molecule has 0 heterocycles. The molecule has 15 heavy (non-hydrogen) atoms. The molecule has 0 atom stereocenters. The number of methoxy groups -OCH3 is 1. The van der Waals surface area contributed by atoms with Crippen LogP contribution in [0, 0.1) is 0 Å². The smallest absolute Gasteiger partial charge is 0.244 e. The zero-order chi connectivity index (χ0) is 11.3. The van der Waals surface area contributed by atoms with Crippen LogP contribution in [0.4, 0.5) is 5.69 Å². The van der Waals surface area contributed by atoms with Crippen molar-refractivity contribution in [3.8, 4) is 5.75 Å². The summed E-state index contributed by atoms with van der Waals surface area (Å²) < 4.78 is 5.07. The lowest BCUT2D eigenvalue weighted by molar-refractivity contribution is -0.116. The van der Waals surface area contributed by atoms with E-state index >= 15 is 0 Å². The van der Waals surface area contributed by atoms with Crippen LogP contribution in [0.25, 0.3) is 0 Å². The number of nitrogens with zero attached hydrogens (tertiary/aromatic N) is 2. The van der Waals surface area contributed by atoms with E-state index < -0.39 is 0 Å². The summed E-state index contributed by atoms with van der Waals surface area (Å²) in [5.41, 5.74) is 0.694. The summed E-state index contributed by atoms with van der Waals surface area (Å²) in [4.78, 5) is 11.3. The number of amides is 1. The number of hydrogen-bond acceptors (Lipinski definition) is 3. The van der Waals surface area contributed by atoms with Crippen LogP contribution in [-0.4, -0.2) is 19.2 Å². The van der Waals surface area contributed by atoms with E-state index in [1.165, 1.54) is 11.9 Å². The van der Waals surface area contributed by atoms with Crippen LogP contribution in [0.15, 0.2) is 29.4 Å². The molecule has 4 nitrogen and oxygen atoms in total. The molecule has 0 aliphatic carbocycles. The number of carbonyl (C=O) groups is 1. The van der Waals surface area contributed by atoms with Gasteiger partial charge in [0.2, 0.25) is 5.91 Å². The van der Waals surface area contributed by atoms with Gasteiger partial charge in [-0.15, -0.1) is 0 Å². The van der Waals surface area contributed by atoms with Crippen molar-refractivity contribution in [2.75, 3.05) is 12.1 Å². The van der Waals surface area contributed by atoms with Gasteiger partial charge in [0.25, 0.3) is 0 Å². The number of hydrazone groups is 1. The molecule has 1 amide bonds. The molecule has 0 bridgehead atoms. The van der Waals surface area contributed by atoms with Gasteiger partial charge in [0.1, 0.15) is 5.75 Å². The molecule has 0 saturated heterocycles. The van der Waals surface area contributed by atoms with Crippen LogP contribution in [0.5, 0.6) is 5.75 Å². The molecule has 0 aliphatic rings. The summed E-state index contributed by atoms with van der Waals surface area (Å²) in [6.07, 6.45) is 1.57. The normalized spacial score (nSPS) is 10.3. The first-order chi connectivity index (χ1) is 7.19. The number of carbonyl (C=O) groups excluding carboxylic acids is 1. The van der Waals surface area contributed by atoms with Gasteiger partial charge in [0.05, 0.1) is 12.8 Å². The van der Waals surface area contributed by atoms with Crippen LogP contribution >= 0.6 is 0 Å². The van der Waals surface area contributed by atoms with Crippen LogP contribution in [0.1, 0.15) is 13.8 Å². The number of benzene rings is 1. The molecule has 0 unspecified atom stereocenters. The topological polar surface area (TPSA) is 41.9 Å². The monoisotopic (exact) mass is 206 g/mol. The largest absolute Gasteiger partial charge is 0.497 e. The van der Waals surface area contributed by atoms with Gasteiger partial charge in [-0.05, 0) is 19.1 Å². The second-order valence-electron chi connectivity index (χ2n) is 2.91. The van der Waals surface area contributed by atoms with Crippen LogP contribution in [0.2, 0.25) is 0 Å². The molecule has 0 spiro atoms. The summed E-state index contributed by atoms with van der Waals surface area (Å²) in [5.74, 6) is 0.561. The maximum Gasteiger partial charge on any atom is 0.244 e. The Morgan fingerprint density at radius 3 is 2.80 bits per heavy atom. The Balaban J connectivity index is 3.05. The fourth-order valence-corrected chi connectivity index (χ4v) is 1.19. The molecule has 0 aliphatic heterocycles. The van der Waals surface area contributed by atoms with Crippen molar-refractivity contribution in [3.05, 3.63) is 24.3 Å². The molecule has 1 rings (SSSR count). The van der Waals surface area contributed by atoms with E-state index in [0.29, 0.717) is 11.4 Å². The van der Waals surface area contributed by atoms with Gasteiger partial charge in [0, 0.05) is 19.2 Å². The van der Waals surface area contributed by atoms with Crippen molar-refractivity contribution in [1.82, 2.24) is 0 Å². The predicted octanol–water partition coefficient (Wildman–Crippen LogP) is 2.05. The van der Waals surface area contributed by atoms with Crippen LogP contribution in [-0.2, 0) is 4.79 Å². The zero-order valence-corrected chi connectivity index (χ0v) is 9.10. The molecular weight excluding hydrogens is 192 g/mol. The van der Waals surface area contributed by atoms with Crippen molar-refractivity contribution >= 4 is 17.8 Å². The fraction of sp³-hybridized carbons (Fsp3) is 0.273. The predicted molar refractivity (Wildman–Crippen MR) is 60.3 cm³/mol. The van der Waals surface area contributed by atoms with Crippen LogP contribution < -0.4 is 9.75 Å². The quantitative estimate of drug-likeness (QED) is 0.561. The molecule has 0 N–H and O–H groups in total. The summed E-state index contributed by atoms with van der Waals surface area (Å²) in [6, 6.07) is 7.19. The van der Waals surface area contributed by atoms with Crippen molar-refractivity contribution in [3.63, 3.8) is 0 Å². The van der Waals surface area contributed by atoms with E-state index in [0.717, 1.165) is 0 Å². The molecule has 0 radical (unpaired) electrons. The third-order valence-electron chi connectivity index (χ3n) is 1.83. The van der Waals surface area contributed by atoms with Crippen molar-refractivity contribution in [2.45, 2.75) is 13.8 Å². The van der Waals surface area contributed by atoms with Crippen LogP contribution in [0.3, 0.4) is 0 Å². The molecule has 1 aromatic carbocycles. The standard InChI is InChI=1S/C11H14N2O2/c1-4-12-13(9(2)14)10-6-5-7-11(8-10)15-3/h4-8H,1-3H3/b12-4-. The van der Waals surface area contributed by atoms with Gasteiger partial charge < -0.3 is 4.74 Å². The molecule has 0 saturated carbocycles. The zero-order valence-electron chi connectivity index (χ0n) is 9.10. The average molecular weight is 206 g/mol. The lowest BCUT2D eigenvalue weighted by Gasteiger charge is -2.15. The maximum atomic E-state index is 11.3. The van der Waals surface area contributed by atoms with E-state index in [1.54, 1.807) is 32.4 Å². The highest BCUT2D eigenvalue weighted by Crippen LogP contribution is 2.21.